The highest BCUT2D eigenvalue weighted by Gasteiger charge is 2.15. The average Bonchev–Trinajstić information content (AvgIpc) is 2.65. The van der Waals surface area contributed by atoms with Crippen molar-refractivity contribution in [3.8, 4) is 0 Å². The number of carbonyl (C=O) groups excluding carboxylic acids is 1. The van der Waals surface area contributed by atoms with Gasteiger partial charge in [-0.05, 0) is 83.6 Å². The van der Waals surface area contributed by atoms with Crippen LogP contribution in [0.25, 0.3) is 0 Å². The number of aryl methyl sites for hydroxylation is 1. The van der Waals surface area contributed by atoms with Crippen molar-refractivity contribution in [3.63, 3.8) is 0 Å². The van der Waals surface area contributed by atoms with E-state index >= 15 is 0 Å². The van der Waals surface area contributed by atoms with Crippen molar-refractivity contribution in [1.82, 2.24) is 0 Å². The molecule has 0 radical (unpaired) electrons. The monoisotopic (exact) mass is 492 g/mol. The first-order valence-corrected chi connectivity index (χ1v) is 10.7. The standard InChI is InChI=1S/C20H17IN2O3S/c1-14-7-12-17(22-20(24)15-8-10-16(21)11-9-15)13-19(14)23-27(25,26)18-5-3-2-4-6-18/h2-13,23H,1H3,(H,22,24). The molecule has 0 saturated heterocycles. The van der Waals surface area contributed by atoms with Gasteiger partial charge >= 0.3 is 0 Å². The summed E-state index contributed by atoms with van der Waals surface area (Å²) < 4.78 is 28.7. The second-order valence-electron chi connectivity index (χ2n) is 5.91. The van der Waals surface area contributed by atoms with E-state index in [9.17, 15) is 13.2 Å². The minimum absolute atomic E-state index is 0.178. The Morgan fingerprint density at radius 2 is 1.59 bits per heavy atom. The lowest BCUT2D eigenvalue weighted by Gasteiger charge is -2.13. The second kappa shape index (κ2) is 8.10. The summed E-state index contributed by atoms with van der Waals surface area (Å²) in [7, 11) is -3.70. The smallest absolute Gasteiger partial charge is 0.261 e. The normalized spacial score (nSPS) is 11.0. The first-order chi connectivity index (χ1) is 12.8. The summed E-state index contributed by atoms with van der Waals surface area (Å²) in [5, 5.41) is 2.79. The number of sulfonamides is 1. The zero-order chi connectivity index (χ0) is 19.4. The summed E-state index contributed by atoms with van der Waals surface area (Å²) in [6.07, 6.45) is 0. The molecule has 1 amide bonds. The van der Waals surface area contributed by atoms with Crippen LogP contribution in [0, 0.1) is 10.5 Å². The van der Waals surface area contributed by atoms with E-state index in [0.717, 1.165) is 9.13 Å². The number of hydrogen-bond acceptors (Lipinski definition) is 3. The molecule has 0 aliphatic heterocycles. The number of amides is 1. The number of hydrogen-bond donors (Lipinski definition) is 2. The molecule has 5 nitrogen and oxygen atoms in total. The fraction of sp³-hybridized carbons (Fsp3) is 0.0500. The molecule has 0 saturated carbocycles. The van der Waals surface area contributed by atoms with Crippen LogP contribution >= 0.6 is 22.6 Å². The molecule has 0 aliphatic rings. The van der Waals surface area contributed by atoms with Gasteiger partial charge in [0.2, 0.25) is 0 Å². The molecule has 138 valence electrons. The summed E-state index contributed by atoms with van der Waals surface area (Å²) in [5.41, 5.74) is 2.21. The maximum atomic E-state index is 12.5. The van der Waals surface area contributed by atoms with Crippen molar-refractivity contribution >= 4 is 49.9 Å². The fourth-order valence-corrected chi connectivity index (χ4v) is 3.92. The first-order valence-electron chi connectivity index (χ1n) is 8.10. The highest BCUT2D eigenvalue weighted by Crippen LogP contribution is 2.24. The van der Waals surface area contributed by atoms with E-state index < -0.39 is 10.0 Å². The van der Waals surface area contributed by atoms with Crippen LogP contribution in [0.5, 0.6) is 0 Å². The van der Waals surface area contributed by atoms with Gasteiger partial charge in [0, 0.05) is 14.8 Å². The molecule has 7 heteroatoms. The zero-order valence-electron chi connectivity index (χ0n) is 14.4. The molecule has 3 rings (SSSR count). The maximum Gasteiger partial charge on any atom is 0.261 e. The topological polar surface area (TPSA) is 75.3 Å². The molecule has 0 aromatic heterocycles. The molecule has 3 aromatic carbocycles. The Morgan fingerprint density at radius 3 is 2.26 bits per heavy atom. The number of rotatable bonds is 5. The summed E-state index contributed by atoms with van der Waals surface area (Å²) in [6, 6.07) is 20.4. The Kier molecular flexibility index (Phi) is 5.81. The lowest BCUT2D eigenvalue weighted by Crippen LogP contribution is -2.15. The summed E-state index contributed by atoms with van der Waals surface area (Å²) >= 11 is 2.17. The van der Waals surface area contributed by atoms with E-state index in [0.29, 0.717) is 16.9 Å². The van der Waals surface area contributed by atoms with Gasteiger partial charge in [-0.25, -0.2) is 8.42 Å². The van der Waals surface area contributed by atoms with Gasteiger partial charge in [0.05, 0.1) is 10.6 Å². The van der Waals surface area contributed by atoms with Crippen molar-refractivity contribution in [2.24, 2.45) is 0 Å². The molecule has 27 heavy (non-hydrogen) atoms. The Bertz CT molecular complexity index is 1070. The number of nitrogens with one attached hydrogen (secondary N) is 2. The van der Waals surface area contributed by atoms with Crippen LogP contribution in [0.3, 0.4) is 0 Å². The van der Waals surface area contributed by atoms with E-state index in [1.54, 1.807) is 55.5 Å². The van der Waals surface area contributed by atoms with Crippen LogP contribution in [0.2, 0.25) is 0 Å². The number of carbonyl (C=O) groups is 1. The van der Waals surface area contributed by atoms with Crippen LogP contribution in [0.4, 0.5) is 11.4 Å². The summed E-state index contributed by atoms with van der Waals surface area (Å²) in [6.45, 7) is 1.80. The van der Waals surface area contributed by atoms with Crippen molar-refractivity contribution in [2.75, 3.05) is 10.0 Å². The molecule has 0 fully saturated rings. The largest absolute Gasteiger partial charge is 0.322 e. The molecule has 0 aliphatic carbocycles. The third-order valence-electron chi connectivity index (χ3n) is 3.90. The van der Waals surface area contributed by atoms with Gasteiger partial charge in [0.25, 0.3) is 15.9 Å². The van der Waals surface area contributed by atoms with Crippen LogP contribution < -0.4 is 10.0 Å². The Balaban J connectivity index is 1.82. The van der Waals surface area contributed by atoms with Gasteiger partial charge in [-0.1, -0.05) is 24.3 Å². The third kappa shape index (κ3) is 4.86. The molecule has 0 spiro atoms. The molecule has 0 bridgehead atoms. The van der Waals surface area contributed by atoms with E-state index in [4.69, 9.17) is 0 Å². The van der Waals surface area contributed by atoms with Crippen molar-refractivity contribution in [3.05, 3.63) is 87.5 Å². The lowest BCUT2D eigenvalue weighted by molar-refractivity contribution is 0.102. The van der Waals surface area contributed by atoms with Gasteiger partial charge in [-0.15, -0.1) is 0 Å². The Labute approximate surface area is 172 Å². The third-order valence-corrected chi connectivity index (χ3v) is 6.00. The van der Waals surface area contributed by atoms with E-state index in [1.165, 1.54) is 12.1 Å². The molecule has 0 heterocycles. The molecule has 0 atom stereocenters. The van der Waals surface area contributed by atoms with E-state index in [1.807, 2.05) is 12.1 Å². The van der Waals surface area contributed by atoms with Gasteiger partial charge in [-0.2, -0.15) is 0 Å². The van der Waals surface area contributed by atoms with Crippen molar-refractivity contribution < 1.29 is 13.2 Å². The lowest BCUT2D eigenvalue weighted by atomic mass is 10.1. The van der Waals surface area contributed by atoms with Crippen LogP contribution in [0.15, 0.2) is 77.7 Å². The van der Waals surface area contributed by atoms with Gasteiger partial charge in [-0.3, -0.25) is 9.52 Å². The number of anilines is 2. The quantitative estimate of drug-likeness (QED) is 0.510. The number of halogens is 1. The van der Waals surface area contributed by atoms with Gasteiger partial charge < -0.3 is 5.32 Å². The molecular formula is C20H17IN2O3S. The van der Waals surface area contributed by atoms with Crippen molar-refractivity contribution in [1.29, 1.82) is 0 Å². The van der Waals surface area contributed by atoms with Crippen LogP contribution in [-0.4, -0.2) is 14.3 Å². The number of benzene rings is 3. The highest BCUT2D eigenvalue weighted by atomic mass is 127. The van der Waals surface area contributed by atoms with E-state index in [2.05, 4.69) is 32.6 Å². The molecule has 0 unspecified atom stereocenters. The van der Waals surface area contributed by atoms with E-state index in [-0.39, 0.29) is 10.8 Å². The predicted octanol–water partition coefficient (Wildman–Crippen LogP) is 4.65. The average molecular weight is 492 g/mol. The predicted molar refractivity (Wildman–Crippen MR) is 116 cm³/mol. The zero-order valence-corrected chi connectivity index (χ0v) is 17.4. The minimum Gasteiger partial charge on any atom is -0.322 e. The SMILES string of the molecule is Cc1ccc(NC(=O)c2ccc(I)cc2)cc1NS(=O)(=O)c1ccccc1. The summed E-state index contributed by atoms with van der Waals surface area (Å²) in [5.74, 6) is -0.257. The highest BCUT2D eigenvalue weighted by molar-refractivity contribution is 14.1. The Hall–Kier alpha value is -2.39. The first kappa shape index (κ1) is 19.4. The molecule has 3 aromatic rings. The Morgan fingerprint density at radius 1 is 0.926 bits per heavy atom. The minimum atomic E-state index is -3.70. The fourth-order valence-electron chi connectivity index (χ4n) is 2.42. The molecule has 2 N–H and O–H groups in total. The summed E-state index contributed by atoms with van der Waals surface area (Å²) in [4.78, 5) is 12.6. The van der Waals surface area contributed by atoms with Gasteiger partial charge in [0.1, 0.15) is 0 Å². The van der Waals surface area contributed by atoms with Crippen LogP contribution in [-0.2, 0) is 10.0 Å². The van der Waals surface area contributed by atoms with Crippen LogP contribution in [0.1, 0.15) is 15.9 Å². The van der Waals surface area contributed by atoms with Gasteiger partial charge in [0.15, 0.2) is 0 Å². The molecular weight excluding hydrogens is 475 g/mol. The van der Waals surface area contributed by atoms with Crippen molar-refractivity contribution in [2.45, 2.75) is 11.8 Å². The maximum absolute atomic E-state index is 12.5. The second-order valence-corrected chi connectivity index (χ2v) is 8.84.